The Morgan fingerprint density at radius 1 is 1.14 bits per heavy atom. The molecule has 29 heavy (non-hydrogen) atoms. The Balaban J connectivity index is 1.71. The zero-order chi connectivity index (χ0) is 21.2. The van der Waals surface area contributed by atoms with Crippen LogP contribution >= 0.6 is 11.6 Å². The van der Waals surface area contributed by atoms with E-state index >= 15 is 0 Å². The van der Waals surface area contributed by atoms with Gasteiger partial charge in [-0.1, -0.05) is 11.6 Å². The standard InChI is InChI=1S/C18H25ClF2N4O4/c1-28-9-4-22-16(26)11-24-5-7-25(8-6-24)12-17(27)23-13-2-3-15(14(19)10-13)29-18(20)21/h2-3,10,18H,4-9,11-12H2,1H3,(H,22,26)(H,23,27). The van der Waals surface area contributed by atoms with Gasteiger partial charge < -0.3 is 20.1 Å². The monoisotopic (exact) mass is 434 g/mol. The molecule has 0 radical (unpaired) electrons. The summed E-state index contributed by atoms with van der Waals surface area (Å²) in [4.78, 5) is 28.0. The van der Waals surface area contributed by atoms with Crippen LogP contribution in [-0.4, -0.2) is 87.8 Å². The number of nitrogens with zero attached hydrogens (tertiary/aromatic N) is 2. The summed E-state index contributed by atoms with van der Waals surface area (Å²) < 4.78 is 33.7. The van der Waals surface area contributed by atoms with E-state index in [4.69, 9.17) is 16.3 Å². The van der Waals surface area contributed by atoms with E-state index in [1.165, 1.54) is 18.2 Å². The number of hydrogen-bond acceptors (Lipinski definition) is 6. The second kappa shape index (κ2) is 11.9. The Morgan fingerprint density at radius 2 is 1.76 bits per heavy atom. The van der Waals surface area contributed by atoms with E-state index in [0.29, 0.717) is 51.6 Å². The molecular weight excluding hydrogens is 410 g/mol. The second-order valence-corrected chi connectivity index (χ2v) is 6.87. The molecule has 2 N–H and O–H groups in total. The summed E-state index contributed by atoms with van der Waals surface area (Å²) in [7, 11) is 1.58. The van der Waals surface area contributed by atoms with Crippen molar-refractivity contribution in [1.82, 2.24) is 15.1 Å². The van der Waals surface area contributed by atoms with E-state index in [9.17, 15) is 18.4 Å². The summed E-state index contributed by atoms with van der Waals surface area (Å²) in [5, 5.41) is 5.45. The van der Waals surface area contributed by atoms with E-state index in [2.05, 4.69) is 15.4 Å². The Labute approximate surface area is 173 Å². The maximum absolute atomic E-state index is 12.3. The van der Waals surface area contributed by atoms with E-state index in [1.807, 2.05) is 9.80 Å². The van der Waals surface area contributed by atoms with E-state index in [-0.39, 0.29) is 29.1 Å². The highest BCUT2D eigenvalue weighted by atomic mass is 35.5. The molecule has 0 bridgehead atoms. The number of ether oxygens (including phenoxy) is 2. The predicted octanol–water partition coefficient (Wildman–Crippen LogP) is 1.26. The molecular formula is C18H25ClF2N4O4. The highest BCUT2D eigenvalue weighted by Gasteiger charge is 2.20. The molecule has 1 saturated heterocycles. The smallest absolute Gasteiger partial charge is 0.387 e. The highest BCUT2D eigenvalue weighted by Crippen LogP contribution is 2.28. The number of halogens is 3. The molecule has 0 unspecified atom stereocenters. The second-order valence-electron chi connectivity index (χ2n) is 6.47. The zero-order valence-corrected chi connectivity index (χ0v) is 16.9. The predicted molar refractivity (Wildman–Crippen MR) is 104 cm³/mol. The van der Waals surface area contributed by atoms with Gasteiger partial charge in [0.25, 0.3) is 0 Å². The van der Waals surface area contributed by atoms with Crippen molar-refractivity contribution in [2.24, 2.45) is 0 Å². The number of carbonyl (C=O) groups is 2. The molecule has 0 spiro atoms. The summed E-state index contributed by atoms with van der Waals surface area (Å²) >= 11 is 5.88. The van der Waals surface area contributed by atoms with Crippen molar-refractivity contribution >= 4 is 29.1 Å². The Bertz CT molecular complexity index is 688. The van der Waals surface area contributed by atoms with Gasteiger partial charge in [-0.2, -0.15) is 8.78 Å². The fraction of sp³-hybridized carbons (Fsp3) is 0.556. The summed E-state index contributed by atoms with van der Waals surface area (Å²) in [6.45, 7) is 1.14. The Kier molecular flexibility index (Phi) is 9.52. The van der Waals surface area contributed by atoms with Gasteiger partial charge in [-0.25, -0.2) is 0 Å². The molecule has 1 fully saturated rings. The normalized spacial score (nSPS) is 15.3. The molecule has 2 amide bonds. The van der Waals surface area contributed by atoms with Crippen LogP contribution in [0.4, 0.5) is 14.5 Å². The highest BCUT2D eigenvalue weighted by molar-refractivity contribution is 6.32. The van der Waals surface area contributed by atoms with Gasteiger partial charge in [0.15, 0.2) is 0 Å². The maximum atomic E-state index is 12.3. The first kappa shape index (κ1) is 23.3. The first-order valence-corrected chi connectivity index (χ1v) is 9.49. The van der Waals surface area contributed by atoms with E-state index in [0.717, 1.165) is 0 Å². The van der Waals surface area contributed by atoms with Gasteiger partial charge in [0.2, 0.25) is 11.8 Å². The van der Waals surface area contributed by atoms with Crippen LogP contribution in [0.5, 0.6) is 5.75 Å². The van der Waals surface area contributed by atoms with Gasteiger partial charge in [-0.3, -0.25) is 19.4 Å². The zero-order valence-electron chi connectivity index (χ0n) is 16.1. The number of piperazine rings is 1. The average molecular weight is 435 g/mol. The number of alkyl halides is 2. The molecule has 1 aliphatic rings. The lowest BCUT2D eigenvalue weighted by Crippen LogP contribution is -2.51. The molecule has 0 aliphatic carbocycles. The Morgan fingerprint density at radius 3 is 2.31 bits per heavy atom. The first-order chi connectivity index (χ1) is 13.9. The Hall–Kier alpha value is -2.01. The van der Waals surface area contributed by atoms with Crippen molar-refractivity contribution in [2.75, 3.05) is 64.8 Å². The SMILES string of the molecule is COCCNC(=O)CN1CCN(CC(=O)Nc2ccc(OC(F)F)c(Cl)c2)CC1. The van der Waals surface area contributed by atoms with Crippen molar-refractivity contribution in [3.05, 3.63) is 23.2 Å². The number of methoxy groups -OCH3 is 1. The summed E-state index contributed by atoms with van der Waals surface area (Å²) in [6.07, 6.45) is 0. The van der Waals surface area contributed by atoms with Crippen LogP contribution in [0, 0.1) is 0 Å². The van der Waals surface area contributed by atoms with Crippen LogP contribution in [0.15, 0.2) is 18.2 Å². The largest absolute Gasteiger partial charge is 0.433 e. The fourth-order valence-electron chi connectivity index (χ4n) is 2.83. The summed E-state index contributed by atoms with van der Waals surface area (Å²) in [5.41, 5.74) is 0.396. The van der Waals surface area contributed by atoms with Gasteiger partial charge in [-0.05, 0) is 18.2 Å². The van der Waals surface area contributed by atoms with Crippen molar-refractivity contribution in [1.29, 1.82) is 0 Å². The minimum atomic E-state index is -2.97. The third-order valence-electron chi connectivity index (χ3n) is 4.26. The summed E-state index contributed by atoms with van der Waals surface area (Å²) in [6, 6.07) is 4.08. The molecule has 2 rings (SSSR count). The maximum Gasteiger partial charge on any atom is 0.387 e. The average Bonchev–Trinajstić information content (AvgIpc) is 2.65. The molecule has 1 aromatic carbocycles. The van der Waals surface area contributed by atoms with Crippen LogP contribution in [0.3, 0.4) is 0 Å². The van der Waals surface area contributed by atoms with Crippen molar-refractivity contribution < 1.29 is 27.8 Å². The minimum absolute atomic E-state index is 0.0134. The lowest BCUT2D eigenvalue weighted by molar-refractivity contribution is -0.123. The van der Waals surface area contributed by atoms with E-state index in [1.54, 1.807) is 7.11 Å². The lowest BCUT2D eigenvalue weighted by Gasteiger charge is -2.33. The molecule has 0 saturated carbocycles. The third-order valence-corrected chi connectivity index (χ3v) is 4.55. The van der Waals surface area contributed by atoms with Gasteiger partial charge in [-0.15, -0.1) is 0 Å². The molecule has 11 heteroatoms. The van der Waals surface area contributed by atoms with Crippen LogP contribution in [0.25, 0.3) is 0 Å². The number of rotatable bonds is 10. The number of carbonyl (C=O) groups excluding carboxylic acids is 2. The quantitative estimate of drug-likeness (QED) is 0.539. The van der Waals surface area contributed by atoms with E-state index < -0.39 is 6.61 Å². The molecule has 0 aromatic heterocycles. The number of amides is 2. The molecule has 162 valence electrons. The number of anilines is 1. The van der Waals surface area contributed by atoms with Crippen molar-refractivity contribution in [3.63, 3.8) is 0 Å². The van der Waals surface area contributed by atoms with Crippen molar-refractivity contribution in [3.8, 4) is 5.75 Å². The van der Waals surface area contributed by atoms with Crippen LogP contribution in [-0.2, 0) is 14.3 Å². The van der Waals surface area contributed by atoms with Gasteiger partial charge in [0.1, 0.15) is 5.75 Å². The molecule has 8 nitrogen and oxygen atoms in total. The molecule has 1 heterocycles. The third kappa shape index (κ3) is 8.48. The van der Waals surface area contributed by atoms with Gasteiger partial charge in [0.05, 0.1) is 24.7 Å². The van der Waals surface area contributed by atoms with Gasteiger partial charge in [0, 0.05) is 45.5 Å². The number of nitrogens with one attached hydrogen (secondary N) is 2. The fourth-order valence-corrected chi connectivity index (χ4v) is 3.06. The van der Waals surface area contributed by atoms with Gasteiger partial charge >= 0.3 is 6.61 Å². The minimum Gasteiger partial charge on any atom is -0.433 e. The van der Waals surface area contributed by atoms with Crippen LogP contribution < -0.4 is 15.4 Å². The molecule has 1 aromatic rings. The van der Waals surface area contributed by atoms with Crippen LogP contribution in [0.1, 0.15) is 0 Å². The molecule has 1 aliphatic heterocycles. The van der Waals surface area contributed by atoms with Crippen molar-refractivity contribution in [2.45, 2.75) is 6.61 Å². The lowest BCUT2D eigenvalue weighted by atomic mass is 10.2. The number of benzene rings is 1. The van der Waals surface area contributed by atoms with Crippen LogP contribution in [0.2, 0.25) is 5.02 Å². The topological polar surface area (TPSA) is 83.1 Å². The molecule has 0 atom stereocenters. The first-order valence-electron chi connectivity index (χ1n) is 9.12. The number of hydrogen-bond donors (Lipinski definition) is 2. The summed E-state index contributed by atoms with van der Waals surface area (Å²) in [5.74, 6) is -0.444.